The largest absolute Gasteiger partial charge is 0.340 e. The van der Waals surface area contributed by atoms with Crippen molar-refractivity contribution in [3.8, 4) is 0 Å². The van der Waals surface area contributed by atoms with E-state index in [1.165, 1.54) is 0 Å². The normalized spacial score (nSPS) is 23.2. The minimum atomic E-state index is -0.194. The minimum Gasteiger partial charge on any atom is -0.340 e. The molecule has 20 heavy (non-hydrogen) atoms. The zero-order chi connectivity index (χ0) is 13.9. The molecule has 0 bridgehead atoms. The number of nitrogens with zero attached hydrogens (tertiary/aromatic N) is 2. The second kappa shape index (κ2) is 5.63. The maximum atomic E-state index is 12.4. The molecule has 2 heterocycles. The van der Waals surface area contributed by atoms with Crippen LogP contribution < -0.4 is 10.2 Å². The van der Waals surface area contributed by atoms with Gasteiger partial charge in [0.15, 0.2) is 0 Å². The fraction of sp³-hybridized carbons (Fsp3) is 0.467. The minimum absolute atomic E-state index is 0.0460. The molecule has 2 amide bonds. The Kier molecular flexibility index (Phi) is 3.69. The lowest BCUT2D eigenvalue weighted by atomic mass is 10.1. The summed E-state index contributed by atoms with van der Waals surface area (Å²) < 4.78 is 0. The molecular formula is C15H19N3O2. The third-order valence-corrected chi connectivity index (χ3v) is 3.97. The number of nitrogens with one attached hydrogen (secondary N) is 1. The van der Waals surface area contributed by atoms with E-state index in [0.717, 1.165) is 31.9 Å². The molecular weight excluding hydrogens is 254 g/mol. The molecule has 2 fully saturated rings. The van der Waals surface area contributed by atoms with Crippen LogP contribution >= 0.6 is 0 Å². The van der Waals surface area contributed by atoms with Gasteiger partial charge in [-0.05, 0) is 12.1 Å². The van der Waals surface area contributed by atoms with Gasteiger partial charge < -0.3 is 15.1 Å². The molecule has 1 atom stereocenters. The van der Waals surface area contributed by atoms with E-state index in [9.17, 15) is 9.59 Å². The zero-order valence-electron chi connectivity index (χ0n) is 11.4. The highest BCUT2D eigenvalue weighted by Gasteiger charge is 2.37. The smallest absolute Gasteiger partial charge is 0.228 e. The molecule has 0 aromatic heterocycles. The summed E-state index contributed by atoms with van der Waals surface area (Å²) in [5.41, 5.74) is 0.883. The van der Waals surface area contributed by atoms with Gasteiger partial charge >= 0.3 is 0 Å². The van der Waals surface area contributed by atoms with E-state index >= 15 is 0 Å². The molecule has 0 unspecified atom stereocenters. The van der Waals surface area contributed by atoms with Crippen molar-refractivity contribution in [1.29, 1.82) is 0 Å². The van der Waals surface area contributed by atoms with Crippen LogP contribution in [0.5, 0.6) is 0 Å². The summed E-state index contributed by atoms with van der Waals surface area (Å²) in [5.74, 6) is -0.0243. The van der Waals surface area contributed by atoms with Gasteiger partial charge in [-0.3, -0.25) is 9.59 Å². The zero-order valence-corrected chi connectivity index (χ0v) is 11.4. The van der Waals surface area contributed by atoms with Crippen LogP contribution in [-0.2, 0) is 9.59 Å². The van der Waals surface area contributed by atoms with Crippen molar-refractivity contribution in [2.24, 2.45) is 5.92 Å². The molecule has 0 radical (unpaired) electrons. The van der Waals surface area contributed by atoms with Crippen molar-refractivity contribution in [2.45, 2.75) is 6.42 Å². The van der Waals surface area contributed by atoms with E-state index in [4.69, 9.17) is 0 Å². The average Bonchev–Trinajstić information content (AvgIpc) is 2.90. The van der Waals surface area contributed by atoms with Gasteiger partial charge in [-0.25, -0.2) is 0 Å². The molecule has 0 aliphatic carbocycles. The molecule has 106 valence electrons. The van der Waals surface area contributed by atoms with E-state index in [-0.39, 0.29) is 17.7 Å². The van der Waals surface area contributed by atoms with Crippen LogP contribution in [0.2, 0.25) is 0 Å². The van der Waals surface area contributed by atoms with Gasteiger partial charge in [0.2, 0.25) is 11.8 Å². The van der Waals surface area contributed by atoms with E-state index < -0.39 is 0 Å². The standard InChI is InChI=1S/C15H19N3O2/c19-14-10-12(15(20)17-8-6-16-7-9-17)11-18(14)13-4-2-1-3-5-13/h1-5,12,16H,6-11H2/t12-/m1/s1. The molecule has 2 aliphatic heterocycles. The number of carbonyl (C=O) groups is 2. The van der Waals surface area contributed by atoms with Gasteiger partial charge in [0.1, 0.15) is 0 Å². The summed E-state index contributed by atoms with van der Waals surface area (Å²) in [6, 6.07) is 9.57. The monoisotopic (exact) mass is 273 g/mol. The van der Waals surface area contributed by atoms with Crippen LogP contribution in [0, 0.1) is 5.92 Å². The highest BCUT2D eigenvalue weighted by Crippen LogP contribution is 2.26. The van der Waals surface area contributed by atoms with Crippen molar-refractivity contribution in [2.75, 3.05) is 37.6 Å². The quantitative estimate of drug-likeness (QED) is 0.852. The fourth-order valence-electron chi connectivity index (χ4n) is 2.87. The van der Waals surface area contributed by atoms with Gasteiger partial charge in [-0.15, -0.1) is 0 Å². The first-order valence-corrected chi connectivity index (χ1v) is 7.10. The molecule has 1 N–H and O–H groups in total. The van der Waals surface area contributed by atoms with E-state index in [2.05, 4.69) is 5.32 Å². The van der Waals surface area contributed by atoms with E-state index in [1.54, 1.807) is 4.90 Å². The Hall–Kier alpha value is -1.88. The Labute approximate surface area is 118 Å². The first-order valence-electron chi connectivity index (χ1n) is 7.10. The van der Waals surface area contributed by atoms with Crippen molar-refractivity contribution >= 4 is 17.5 Å². The third-order valence-electron chi connectivity index (χ3n) is 3.97. The van der Waals surface area contributed by atoms with Crippen LogP contribution in [0.15, 0.2) is 30.3 Å². The van der Waals surface area contributed by atoms with Crippen molar-refractivity contribution in [3.63, 3.8) is 0 Å². The van der Waals surface area contributed by atoms with Gasteiger partial charge in [0.05, 0.1) is 5.92 Å². The summed E-state index contributed by atoms with van der Waals surface area (Å²) in [6.45, 7) is 3.68. The van der Waals surface area contributed by atoms with Crippen LogP contribution in [0.3, 0.4) is 0 Å². The molecule has 1 aromatic rings. The SMILES string of the molecule is O=C([C@@H]1CC(=O)N(c2ccccc2)C1)N1CCNCC1. The number of para-hydroxylation sites is 1. The predicted octanol–water partition coefficient (Wildman–Crippen LogP) is 0.471. The van der Waals surface area contributed by atoms with Crippen LogP contribution in [0.1, 0.15) is 6.42 Å². The van der Waals surface area contributed by atoms with Crippen LogP contribution in [-0.4, -0.2) is 49.4 Å². The summed E-state index contributed by atoms with van der Waals surface area (Å²) in [5, 5.41) is 3.23. The second-order valence-electron chi connectivity index (χ2n) is 5.32. The number of benzene rings is 1. The number of hydrogen-bond acceptors (Lipinski definition) is 3. The lowest BCUT2D eigenvalue weighted by molar-refractivity contribution is -0.136. The lowest BCUT2D eigenvalue weighted by Gasteiger charge is -2.29. The molecule has 2 saturated heterocycles. The lowest BCUT2D eigenvalue weighted by Crippen LogP contribution is -2.48. The van der Waals surface area contributed by atoms with Gasteiger partial charge in [0, 0.05) is 44.8 Å². The molecule has 1 aromatic carbocycles. The van der Waals surface area contributed by atoms with E-state index in [1.807, 2.05) is 35.2 Å². The van der Waals surface area contributed by atoms with Crippen LogP contribution in [0.4, 0.5) is 5.69 Å². The number of hydrogen-bond donors (Lipinski definition) is 1. The second-order valence-corrected chi connectivity index (χ2v) is 5.32. The summed E-state index contributed by atoms with van der Waals surface area (Å²) in [4.78, 5) is 28.2. The molecule has 5 nitrogen and oxygen atoms in total. The first-order chi connectivity index (χ1) is 9.75. The van der Waals surface area contributed by atoms with Crippen LogP contribution in [0.25, 0.3) is 0 Å². The van der Waals surface area contributed by atoms with E-state index in [0.29, 0.717) is 13.0 Å². The number of rotatable bonds is 2. The van der Waals surface area contributed by atoms with Gasteiger partial charge in [-0.1, -0.05) is 18.2 Å². The van der Waals surface area contributed by atoms with Gasteiger partial charge in [0.25, 0.3) is 0 Å². The molecule has 0 spiro atoms. The number of amides is 2. The average molecular weight is 273 g/mol. The van der Waals surface area contributed by atoms with Crippen molar-refractivity contribution in [1.82, 2.24) is 10.2 Å². The Morgan fingerprint density at radius 1 is 1.15 bits per heavy atom. The Balaban J connectivity index is 1.68. The molecule has 0 saturated carbocycles. The highest BCUT2D eigenvalue weighted by atomic mass is 16.2. The summed E-state index contributed by atoms with van der Waals surface area (Å²) in [7, 11) is 0. The summed E-state index contributed by atoms with van der Waals surface area (Å²) >= 11 is 0. The molecule has 3 rings (SSSR count). The summed E-state index contributed by atoms with van der Waals surface area (Å²) in [6.07, 6.45) is 0.331. The molecule has 2 aliphatic rings. The van der Waals surface area contributed by atoms with Crippen molar-refractivity contribution < 1.29 is 9.59 Å². The Bertz CT molecular complexity index is 497. The maximum absolute atomic E-state index is 12.4. The fourth-order valence-corrected chi connectivity index (χ4v) is 2.87. The van der Waals surface area contributed by atoms with Gasteiger partial charge in [-0.2, -0.15) is 0 Å². The third kappa shape index (κ3) is 2.54. The van der Waals surface area contributed by atoms with Crippen molar-refractivity contribution in [3.05, 3.63) is 30.3 Å². The Morgan fingerprint density at radius 2 is 1.85 bits per heavy atom. The maximum Gasteiger partial charge on any atom is 0.228 e. The molecule has 5 heteroatoms. The first kappa shape index (κ1) is 13.1. The number of piperazine rings is 1. The topological polar surface area (TPSA) is 52.7 Å². The Morgan fingerprint density at radius 3 is 2.55 bits per heavy atom. The number of anilines is 1. The predicted molar refractivity (Wildman–Crippen MR) is 76.4 cm³/mol. The highest BCUT2D eigenvalue weighted by molar-refractivity contribution is 6.00. The number of carbonyl (C=O) groups excluding carboxylic acids is 2.